The van der Waals surface area contributed by atoms with Gasteiger partial charge in [-0.25, -0.2) is 0 Å². The smallest absolute Gasteiger partial charge is 0.374 e. The number of rotatable bonds is 1. The summed E-state index contributed by atoms with van der Waals surface area (Å²) in [6, 6.07) is 11.1. The number of alkyl halides is 3. The van der Waals surface area contributed by atoms with Gasteiger partial charge >= 0.3 is 6.18 Å². The maximum atomic E-state index is 12.6. The second-order valence-electron chi connectivity index (χ2n) is 5.67. The molecule has 0 radical (unpaired) electrons. The van der Waals surface area contributed by atoms with Gasteiger partial charge in [0.15, 0.2) is 0 Å². The average molecular weight is 306 g/mol. The second-order valence-corrected chi connectivity index (χ2v) is 5.67. The molecule has 22 heavy (non-hydrogen) atoms. The lowest BCUT2D eigenvalue weighted by Crippen LogP contribution is -2.30. The Balaban J connectivity index is 1.97. The minimum absolute atomic E-state index is 0.0272. The van der Waals surface area contributed by atoms with Gasteiger partial charge in [-0.1, -0.05) is 18.2 Å². The molecule has 2 nitrogen and oxygen atoms in total. The highest BCUT2D eigenvalue weighted by atomic mass is 19.4. The van der Waals surface area contributed by atoms with Gasteiger partial charge in [-0.3, -0.25) is 0 Å². The van der Waals surface area contributed by atoms with Gasteiger partial charge in [0.1, 0.15) is 0 Å². The number of hydrogen-bond donors (Lipinski definition) is 1. The fraction of sp³-hybridized carbons (Fsp3) is 0.294. The van der Waals surface area contributed by atoms with Crippen molar-refractivity contribution >= 4 is 5.69 Å². The fourth-order valence-electron chi connectivity index (χ4n) is 2.84. The number of halogens is 3. The van der Waals surface area contributed by atoms with Gasteiger partial charge < -0.3 is 10.6 Å². The van der Waals surface area contributed by atoms with E-state index in [1.54, 1.807) is 0 Å². The van der Waals surface area contributed by atoms with E-state index in [1.165, 1.54) is 12.1 Å². The summed E-state index contributed by atoms with van der Waals surface area (Å²) < 4.78 is 37.9. The molecule has 2 aromatic carbocycles. The van der Waals surface area contributed by atoms with Crippen molar-refractivity contribution in [3.05, 3.63) is 53.6 Å². The average Bonchev–Trinajstić information content (AvgIpc) is 2.50. The monoisotopic (exact) mass is 306 g/mol. The molecule has 0 saturated carbocycles. The Morgan fingerprint density at radius 1 is 1.05 bits per heavy atom. The molecule has 5 heteroatoms. The lowest BCUT2D eigenvalue weighted by molar-refractivity contribution is -0.137. The number of nitrogens with zero attached hydrogens (tertiary/aromatic N) is 1. The highest BCUT2D eigenvalue weighted by molar-refractivity contribution is 5.70. The van der Waals surface area contributed by atoms with Crippen LogP contribution in [0.5, 0.6) is 0 Å². The normalized spacial score (nSPS) is 18.2. The number of hydrogen-bond acceptors (Lipinski definition) is 2. The highest BCUT2D eigenvalue weighted by Gasteiger charge is 2.30. The molecule has 1 heterocycles. The number of fused-ring (bicyclic) bond motifs is 1. The van der Waals surface area contributed by atoms with Crippen molar-refractivity contribution < 1.29 is 13.2 Å². The molecular formula is C17H17F3N2. The summed E-state index contributed by atoms with van der Waals surface area (Å²) in [4.78, 5) is 2.15. The van der Waals surface area contributed by atoms with Crippen molar-refractivity contribution in [1.82, 2.24) is 0 Å². The van der Waals surface area contributed by atoms with Crippen LogP contribution in [0.3, 0.4) is 0 Å². The largest absolute Gasteiger partial charge is 0.416 e. The van der Waals surface area contributed by atoms with E-state index in [0.717, 1.165) is 47.5 Å². The number of benzene rings is 2. The molecule has 1 aliphatic heterocycles. The summed E-state index contributed by atoms with van der Waals surface area (Å²) in [5, 5.41) is 0. The van der Waals surface area contributed by atoms with Crippen molar-refractivity contribution in [2.24, 2.45) is 5.73 Å². The van der Waals surface area contributed by atoms with Crippen LogP contribution in [0.4, 0.5) is 18.9 Å². The van der Waals surface area contributed by atoms with Crippen LogP contribution in [-0.4, -0.2) is 13.6 Å². The minimum atomic E-state index is -4.31. The summed E-state index contributed by atoms with van der Waals surface area (Å²) in [5.41, 5.74) is 9.31. The van der Waals surface area contributed by atoms with E-state index in [1.807, 2.05) is 25.2 Å². The van der Waals surface area contributed by atoms with Crippen LogP contribution in [0.25, 0.3) is 11.1 Å². The summed E-state index contributed by atoms with van der Waals surface area (Å²) in [7, 11) is 2.02. The van der Waals surface area contributed by atoms with Crippen molar-refractivity contribution in [2.75, 3.05) is 18.5 Å². The van der Waals surface area contributed by atoms with Crippen LogP contribution in [-0.2, 0) is 6.18 Å². The zero-order valence-electron chi connectivity index (χ0n) is 12.2. The van der Waals surface area contributed by atoms with E-state index >= 15 is 0 Å². The molecule has 116 valence electrons. The third kappa shape index (κ3) is 2.68. The third-order valence-corrected chi connectivity index (χ3v) is 4.16. The molecular weight excluding hydrogens is 289 g/mol. The summed E-state index contributed by atoms with van der Waals surface area (Å²) in [6.07, 6.45) is -3.43. The van der Waals surface area contributed by atoms with Crippen molar-refractivity contribution in [2.45, 2.75) is 18.6 Å². The predicted molar refractivity (Wildman–Crippen MR) is 81.7 cm³/mol. The SMILES string of the molecule is CN1CCC(N)c2cc(-c3ccc(C(F)(F)F)cc3)ccc21. The summed E-state index contributed by atoms with van der Waals surface area (Å²) in [5.74, 6) is 0. The molecule has 2 N–H and O–H groups in total. The molecule has 1 atom stereocenters. The lowest BCUT2D eigenvalue weighted by Gasteiger charge is -2.31. The zero-order valence-corrected chi connectivity index (χ0v) is 12.2. The molecule has 0 saturated heterocycles. The van der Waals surface area contributed by atoms with Crippen LogP contribution in [0, 0.1) is 0 Å². The van der Waals surface area contributed by atoms with Crippen LogP contribution in [0.2, 0.25) is 0 Å². The van der Waals surface area contributed by atoms with Gasteiger partial charge in [0.05, 0.1) is 5.56 Å². The first-order valence-corrected chi connectivity index (χ1v) is 7.14. The van der Waals surface area contributed by atoms with Gasteiger partial charge in [-0.05, 0) is 47.4 Å². The second kappa shape index (κ2) is 5.32. The molecule has 0 spiro atoms. The Morgan fingerprint density at radius 2 is 1.68 bits per heavy atom. The maximum Gasteiger partial charge on any atom is 0.416 e. The van der Waals surface area contributed by atoms with Gasteiger partial charge in [-0.15, -0.1) is 0 Å². The number of anilines is 1. The van der Waals surface area contributed by atoms with Crippen molar-refractivity contribution in [3.63, 3.8) is 0 Å². The van der Waals surface area contributed by atoms with Crippen LogP contribution < -0.4 is 10.6 Å². The Labute approximate surface area is 127 Å². The maximum absolute atomic E-state index is 12.6. The molecule has 1 aliphatic rings. The van der Waals surface area contributed by atoms with E-state index in [4.69, 9.17) is 5.73 Å². The Morgan fingerprint density at radius 3 is 2.32 bits per heavy atom. The first kappa shape index (κ1) is 14.9. The standard InChI is InChI=1S/C17H17F3N2/c1-22-9-8-15(21)14-10-12(4-7-16(14)22)11-2-5-13(6-3-11)17(18,19)20/h2-7,10,15H,8-9,21H2,1H3. The molecule has 0 aliphatic carbocycles. The van der Waals surface area contributed by atoms with Gasteiger partial charge in [-0.2, -0.15) is 13.2 Å². The molecule has 0 amide bonds. The fourth-order valence-corrected chi connectivity index (χ4v) is 2.84. The molecule has 2 aromatic rings. The molecule has 0 bridgehead atoms. The van der Waals surface area contributed by atoms with E-state index in [9.17, 15) is 13.2 Å². The van der Waals surface area contributed by atoms with Crippen LogP contribution >= 0.6 is 0 Å². The Hall–Kier alpha value is -2.01. The Bertz CT molecular complexity index is 677. The predicted octanol–water partition coefficient (Wildman–Crippen LogP) is 4.21. The molecule has 3 rings (SSSR count). The minimum Gasteiger partial charge on any atom is -0.374 e. The molecule has 0 aromatic heterocycles. The van der Waals surface area contributed by atoms with E-state index in [0.29, 0.717) is 0 Å². The first-order chi connectivity index (χ1) is 10.4. The van der Waals surface area contributed by atoms with E-state index in [-0.39, 0.29) is 6.04 Å². The summed E-state index contributed by atoms with van der Waals surface area (Å²) in [6.45, 7) is 0.911. The number of nitrogens with two attached hydrogens (primary N) is 1. The van der Waals surface area contributed by atoms with Crippen molar-refractivity contribution in [3.8, 4) is 11.1 Å². The topological polar surface area (TPSA) is 29.3 Å². The van der Waals surface area contributed by atoms with Gasteiger partial charge in [0.2, 0.25) is 0 Å². The van der Waals surface area contributed by atoms with Gasteiger partial charge in [0, 0.05) is 25.3 Å². The van der Waals surface area contributed by atoms with Crippen molar-refractivity contribution in [1.29, 1.82) is 0 Å². The lowest BCUT2D eigenvalue weighted by atomic mass is 9.93. The van der Waals surface area contributed by atoms with E-state index < -0.39 is 11.7 Å². The molecule has 0 fully saturated rings. The quantitative estimate of drug-likeness (QED) is 0.855. The molecule has 1 unspecified atom stereocenters. The third-order valence-electron chi connectivity index (χ3n) is 4.16. The van der Waals surface area contributed by atoms with Crippen LogP contribution in [0.15, 0.2) is 42.5 Å². The van der Waals surface area contributed by atoms with Gasteiger partial charge in [0.25, 0.3) is 0 Å². The Kier molecular flexibility index (Phi) is 3.60. The summed E-state index contributed by atoms with van der Waals surface area (Å²) >= 11 is 0. The first-order valence-electron chi connectivity index (χ1n) is 7.14. The zero-order chi connectivity index (χ0) is 15.9. The van der Waals surface area contributed by atoms with Crippen LogP contribution in [0.1, 0.15) is 23.6 Å². The van der Waals surface area contributed by atoms with E-state index in [2.05, 4.69) is 4.90 Å². The highest BCUT2D eigenvalue weighted by Crippen LogP contribution is 2.36.